The van der Waals surface area contributed by atoms with Crippen molar-refractivity contribution in [3.63, 3.8) is 0 Å². The Balaban J connectivity index is 2.17. The van der Waals surface area contributed by atoms with Crippen molar-refractivity contribution in [2.75, 3.05) is 0 Å². The van der Waals surface area contributed by atoms with Crippen molar-refractivity contribution in [2.24, 2.45) is 10.8 Å². The molecule has 1 N–H and O–H groups in total. The normalized spacial score (nSPS) is 43.5. The average molecular weight is 530 g/mol. The molecule has 0 amide bonds. The molecule has 0 unspecified atom stereocenters. The fraction of sp³-hybridized carbons (Fsp3) is 0.750. The third kappa shape index (κ3) is 1.89. The third-order valence-corrected chi connectivity index (χ3v) is 10.0. The molecular weight excluding hydrogens is 510 g/mol. The van der Waals surface area contributed by atoms with Gasteiger partial charge in [-0.2, -0.15) is 0 Å². The van der Waals surface area contributed by atoms with Crippen molar-refractivity contribution in [1.29, 1.82) is 0 Å². The lowest BCUT2D eigenvalue weighted by Crippen LogP contribution is -2.67. The second-order valence-corrected chi connectivity index (χ2v) is 10.9. The van der Waals surface area contributed by atoms with Crippen LogP contribution >= 0.6 is 45.2 Å². The number of hydrogen-bond acceptors (Lipinski definition) is 4. The van der Waals surface area contributed by atoms with Gasteiger partial charge in [-0.3, -0.25) is 9.59 Å². The summed E-state index contributed by atoms with van der Waals surface area (Å²) >= 11 is 4.42. The van der Waals surface area contributed by atoms with Crippen LogP contribution in [-0.2, 0) is 14.3 Å². The zero-order chi connectivity index (χ0) is 16.7. The number of halogens is 2. The molecule has 3 rings (SSSR count). The molecule has 0 aromatic heterocycles. The summed E-state index contributed by atoms with van der Waals surface area (Å²) < 4.78 is 5.00. The SMILES string of the molecule is CC(C)(O)[C@H]1C[C@]23C[C@@H](I)C(C)(C)[C@](I)(C(=O)C=C2O1)C3=O. The standard InChI is InChI=1S/C16H20I2O4/c1-13(2)8(17)6-15-7-11(14(3,4)21)22-10(15)5-9(19)16(13,18)12(15)20/h5,8,11,21H,6-7H2,1-4H3/t8-,11-,15-,16+/m1/s1. The first kappa shape index (κ1) is 17.1. The van der Waals surface area contributed by atoms with Gasteiger partial charge in [0.2, 0.25) is 0 Å². The number of carbonyl (C=O) groups is 2. The van der Waals surface area contributed by atoms with Crippen molar-refractivity contribution in [2.45, 2.75) is 59.6 Å². The molecule has 3 aliphatic rings. The second-order valence-electron chi connectivity index (χ2n) is 7.80. The van der Waals surface area contributed by atoms with Crippen LogP contribution in [0.2, 0.25) is 0 Å². The highest BCUT2D eigenvalue weighted by Crippen LogP contribution is 2.64. The fourth-order valence-corrected chi connectivity index (χ4v) is 6.68. The first-order chi connectivity index (χ1) is 9.87. The van der Waals surface area contributed by atoms with E-state index < -0.39 is 26.0 Å². The Bertz CT molecular complexity index is 604. The summed E-state index contributed by atoms with van der Waals surface area (Å²) in [5.74, 6) is 0.262. The highest BCUT2D eigenvalue weighted by Gasteiger charge is 2.72. The largest absolute Gasteiger partial charge is 0.491 e. The van der Waals surface area contributed by atoms with Crippen molar-refractivity contribution in [3.8, 4) is 0 Å². The number of aliphatic hydroxyl groups is 1. The van der Waals surface area contributed by atoms with Crippen LogP contribution in [0.1, 0.15) is 40.5 Å². The molecule has 0 radical (unpaired) electrons. The summed E-state index contributed by atoms with van der Waals surface area (Å²) in [6.07, 6.45) is 2.17. The van der Waals surface area contributed by atoms with Crippen molar-refractivity contribution >= 4 is 56.7 Å². The topological polar surface area (TPSA) is 63.6 Å². The van der Waals surface area contributed by atoms with Gasteiger partial charge in [0.15, 0.2) is 11.6 Å². The summed E-state index contributed by atoms with van der Waals surface area (Å²) in [6, 6.07) is 0. The molecule has 2 aliphatic carbocycles. The van der Waals surface area contributed by atoms with Gasteiger partial charge in [-0.15, -0.1) is 0 Å². The Kier molecular flexibility index (Phi) is 3.65. The zero-order valence-electron chi connectivity index (χ0n) is 13.1. The number of allylic oxidation sites excluding steroid dienone is 2. The van der Waals surface area contributed by atoms with E-state index in [0.717, 1.165) is 0 Å². The average Bonchev–Trinajstić information content (AvgIpc) is 2.74. The summed E-state index contributed by atoms with van der Waals surface area (Å²) in [6.45, 7) is 7.37. The maximum atomic E-state index is 13.3. The molecule has 4 nitrogen and oxygen atoms in total. The maximum absolute atomic E-state index is 13.3. The molecule has 1 aliphatic heterocycles. The van der Waals surface area contributed by atoms with Gasteiger partial charge in [-0.1, -0.05) is 59.0 Å². The van der Waals surface area contributed by atoms with Crippen molar-refractivity contribution in [3.05, 3.63) is 11.8 Å². The number of rotatable bonds is 1. The predicted octanol–water partition coefficient (Wildman–Crippen LogP) is 2.98. The van der Waals surface area contributed by atoms with Gasteiger partial charge in [0.05, 0.1) is 11.0 Å². The lowest BCUT2D eigenvalue weighted by molar-refractivity contribution is -0.142. The molecule has 6 heteroatoms. The highest BCUT2D eigenvalue weighted by molar-refractivity contribution is 14.1. The van der Waals surface area contributed by atoms with Crippen LogP contribution in [0.4, 0.5) is 0 Å². The van der Waals surface area contributed by atoms with Crippen LogP contribution in [0, 0.1) is 10.8 Å². The molecule has 0 aromatic carbocycles. The molecule has 1 heterocycles. The van der Waals surface area contributed by atoms with Crippen molar-refractivity contribution in [1.82, 2.24) is 0 Å². The van der Waals surface area contributed by atoms with E-state index in [1.54, 1.807) is 13.8 Å². The quantitative estimate of drug-likeness (QED) is 0.322. The molecule has 1 saturated heterocycles. The molecular formula is C16H20I2O4. The molecule has 1 spiro atoms. The molecule has 1 saturated carbocycles. The van der Waals surface area contributed by atoms with Gasteiger partial charge in [-0.25, -0.2) is 0 Å². The van der Waals surface area contributed by atoms with Gasteiger partial charge in [-0.05, 0) is 20.3 Å². The van der Waals surface area contributed by atoms with Crippen LogP contribution in [0.25, 0.3) is 0 Å². The fourth-order valence-electron chi connectivity index (χ4n) is 3.82. The number of hydrogen-bond donors (Lipinski definition) is 1. The first-order valence-electron chi connectivity index (χ1n) is 7.41. The van der Waals surface area contributed by atoms with Crippen LogP contribution < -0.4 is 0 Å². The second kappa shape index (κ2) is 4.68. The predicted molar refractivity (Wildman–Crippen MR) is 99.3 cm³/mol. The van der Waals surface area contributed by atoms with E-state index in [0.29, 0.717) is 18.6 Å². The minimum Gasteiger partial charge on any atom is -0.491 e. The summed E-state index contributed by atoms with van der Waals surface area (Å²) in [4.78, 5) is 26.1. The summed E-state index contributed by atoms with van der Waals surface area (Å²) in [5, 5.41) is 10.3. The summed E-state index contributed by atoms with van der Waals surface area (Å²) in [7, 11) is 0. The Morgan fingerprint density at radius 1 is 1.32 bits per heavy atom. The molecule has 2 fully saturated rings. The third-order valence-electron chi connectivity index (χ3n) is 5.61. The van der Waals surface area contributed by atoms with E-state index in [-0.39, 0.29) is 15.5 Å². The molecule has 0 aromatic rings. The van der Waals surface area contributed by atoms with E-state index in [1.165, 1.54) is 6.08 Å². The number of alkyl halides is 2. The van der Waals surface area contributed by atoms with E-state index in [2.05, 4.69) is 45.2 Å². The van der Waals surface area contributed by atoms with Crippen LogP contribution in [0.5, 0.6) is 0 Å². The maximum Gasteiger partial charge on any atom is 0.183 e. The number of ether oxygens (including phenoxy) is 1. The smallest absolute Gasteiger partial charge is 0.183 e. The monoisotopic (exact) mass is 530 g/mol. The van der Waals surface area contributed by atoms with Gasteiger partial charge < -0.3 is 9.84 Å². The van der Waals surface area contributed by atoms with E-state index in [1.807, 2.05) is 13.8 Å². The summed E-state index contributed by atoms with van der Waals surface area (Å²) in [5.41, 5.74) is -2.21. The van der Waals surface area contributed by atoms with E-state index in [9.17, 15) is 14.7 Å². The van der Waals surface area contributed by atoms with Crippen LogP contribution in [-0.4, -0.2) is 35.7 Å². The van der Waals surface area contributed by atoms with Gasteiger partial charge in [0, 0.05) is 21.8 Å². The zero-order valence-corrected chi connectivity index (χ0v) is 17.4. The minimum atomic E-state index is -1.05. The molecule has 4 atom stereocenters. The first-order valence-corrected chi connectivity index (χ1v) is 9.73. The van der Waals surface area contributed by atoms with Gasteiger partial charge in [0.1, 0.15) is 15.3 Å². The van der Waals surface area contributed by atoms with E-state index >= 15 is 0 Å². The number of fused-ring (bicyclic) bond motifs is 1. The minimum absolute atomic E-state index is 0.0345. The van der Waals surface area contributed by atoms with E-state index in [4.69, 9.17) is 4.74 Å². The lowest BCUT2D eigenvalue weighted by atomic mass is 9.53. The van der Waals surface area contributed by atoms with Crippen molar-refractivity contribution < 1.29 is 19.4 Å². The lowest BCUT2D eigenvalue weighted by Gasteiger charge is -2.54. The Morgan fingerprint density at radius 3 is 2.45 bits per heavy atom. The van der Waals surface area contributed by atoms with Crippen LogP contribution in [0.15, 0.2) is 11.8 Å². The highest BCUT2D eigenvalue weighted by atomic mass is 127. The number of Topliss-reactive ketones (excluding diaryl/α,β-unsaturated/α-hetero) is 1. The Labute approximate surface area is 157 Å². The Morgan fingerprint density at radius 2 is 1.91 bits per heavy atom. The molecule has 22 heavy (non-hydrogen) atoms. The number of ketones is 2. The molecule has 122 valence electrons. The van der Waals surface area contributed by atoms with Gasteiger partial charge in [0.25, 0.3) is 0 Å². The van der Waals surface area contributed by atoms with Crippen LogP contribution in [0.3, 0.4) is 0 Å². The van der Waals surface area contributed by atoms with Gasteiger partial charge >= 0.3 is 0 Å². The number of carbonyl (C=O) groups excluding carboxylic acids is 2. The molecule has 2 bridgehead atoms. The Hall–Kier alpha value is 0.300.